The molecule has 20 heavy (non-hydrogen) atoms. The molecule has 0 amide bonds. The summed E-state index contributed by atoms with van der Waals surface area (Å²) in [5.74, 6) is 0.845. The fourth-order valence-corrected chi connectivity index (χ4v) is 4.71. The van der Waals surface area contributed by atoms with Crippen molar-refractivity contribution < 1.29 is 4.42 Å². The molecule has 1 unspecified atom stereocenters. The van der Waals surface area contributed by atoms with Gasteiger partial charge in [0.15, 0.2) is 0 Å². The fourth-order valence-electron chi connectivity index (χ4n) is 1.70. The van der Waals surface area contributed by atoms with Crippen LogP contribution in [0.1, 0.15) is 16.8 Å². The van der Waals surface area contributed by atoms with E-state index in [1.165, 1.54) is 0 Å². The first kappa shape index (κ1) is 14.3. The molecule has 3 rings (SSSR count). The lowest BCUT2D eigenvalue weighted by atomic mass is 10.1. The van der Waals surface area contributed by atoms with Crippen molar-refractivity contribution in [2.24, 2.45) is 0 Å². The third-order valence-corrected chi connectivity index (χ3v) is 5.41. The molecule has 7 heteroatoms. The van der Waals surface area contributed by atoms with E-state index < -0.39 is 5.38 Å². The van der Waals surface area contributed by atoms with Gasteiger partial charge in [0.1, 0.15) is 5.38 Å². The summed E-state index contributed by atoms with van der Waals surface area (Å²) in [5.41, 5.74) is 1.78. The molecular weight excluding hydrogens is 427 g/mol. The Morgan fingerprint density at radius 1 is 1.15 bits per heavy atom. The number of benzene rings is 1. The van der Waals surface area contributed by atoms with E-state index in [1.807, 2.05) is 36.4 Å². The van der Waals surface area contributed by atoms with Gasteiger partial charge in [-0.2, -0.15) is 0 Å². The lowest BCUT2D eigenvalue weighted by Gasteiger charge is -2.03. The van der Waals surface area contributed by atoms with Crippen LogP contribution >= 0.6 is 54.8 Å². The van der Waals surface area contributed by atoms with E-state index in [0.717, 1.165) is 18.7 Å². The molecule has 1 aromatic carbocycles. The Morgan fingerprint density at radius 3 is 2.55 bits per heavy atom. The van der Waals surface area contributed by atoms with Gasteiger partial charge in [0, 0.05) is 0 Å². The van der Waals surface area contributed by atoms with Crippen LogP contribution in [0.15, 0.2) is 48.4 Å². The molecule has 0 aliphatic heterocycles. The summed E-state index contributed by atoms with van der Waals surface area (Å²) >= 11 is 14.8. The van der Waals surface area contributed by atoms with E-state index in [-0.39, 0.29) is 0 Å². The van der Waals surface area contributed by atoms with Gasteiger partial charge in [0.2, 0.25) is 11.8 Å². The van der Waals surface area contributed by atoms with Gasteiger partial charge in [-0.05, 0) is 43.5 Å². The third-order valence-electron chi connectivity index (χ3n) is 2.64. The summed E-state index contributed by atoms with van der Waals surface area (Å²) < 4.78 is 7.61. The van der Waals surface area contributed by atoms with E-state index >= 15 is 0 Å². The molecule has 2 heterocycles. The van der Waals surface area contributed by atoms with Gasteiger partial charge in [0.05, 0.1) is 13.1 Å². The maximum Gasteiger partial charge on any atom is 0.249 e. The molecule has 0 spiro atoms. The number of alkyl halides is 1. The summed E-state index contributed by atoms with van der Waals surface area (Å²) in [7, 11) is 0. The largest absolute Gasteiger partial charge is 0.419 e. The SMILES string of the molecule is ClC(c1ccccc1)c1nnc(-c2cc(Br)sc2Br)o1. The van der Waals surface area contributed by atoms with Gasteiger partial charge in [-0.3, -0.25) is 0 Å². The summed E-state index contributed by atoms with van der Waals surface area (Å²) in [6.07, 6.45) is 0. The van der Waals surface area contributed by atoms with Crippen molar-refractivity contribution >= 4 is 54.8 Å². The Hall–Kier alpha value is -0.690. The Morgan fingerprint density at radius 2 is 1.90 bits per heavy atom. The highest BCUT2D eigenvalue weighted by molar-refractivity contribution is 9.12. The molecule has 0 saturated carbocycles. The van der Waals surface area contributed by atoms with Gasteiger partial charge in [0.25, 0.3) is 0 Å². The quantitative estimate of drug-likeness (QED) is 0.500. The molecule has 0 radical (unpaired) electrons. The highest BCUT2D eigenvalue weighted by Gasteiger charge is 2.20. The average molecular weight is 435 g/mol. The number of halogens is 3. The highest BCUT2D eigenvalue weighted by Crippen LogP contribution is 2.39. The van der Waals surface area contributed by atoms with E-state index in [4.69, 9.17) is 16.0 Å². The van der Waals surface area contributed by atoms with Crippen LogP contribution in [0.5, 0.6) is 0 Å². The van der Waals surface area contributed by atoms with Crippen molar-refractivity contribution in [1.29, 1.82) is 0 Å². The zero-order chi connectivity index (χ0) is 14.1. The maximum absolute atomic E-state index is 6.36. The zero-order valence-electron chi connectivity index (χ0n) is 9.89. The molecule has 3 nitrogen and oxygen atoms in total. The van der Waals surface area contributed by atoms with E-state index in [9.17, 15) is 0 Å². The van der Waals surface area contributed by atoms with Gasteiger partial charge in [-0.15, -0.1) is 33.1 Å². The van der Waals surface area contributed by atoms with Crippen LogP contribution in [0.2, 0.25) is 0 Å². The van der Waals surface area contributed by atoms with Crippen molar-refractivity contribution in [1.82, 2.24) is 10.2 Å². The monoisotopic (exact) mass is 432 g/mol. The number of thiophene rings is 1. The van der Waals surface area contributed by atoms with Crippen LogP contribution in [-0.2, 0) is 0 Å². The summed E-state index contributed by atoms with van der Waals surface area (Å²) in [6, 6.07) is 11.6. The summed E-state index contributed by atoms with van der Waals surface area (Å²) in [6.45, 7) is 0. The number of nitrogens with zero attached hydrogens (tertiary/aromatic N) is 2. The minimum Gasteiger partial charge on any atom is -0.419 e. The first-order chi connectivity index (χ1) is 9.65. The van der Waals surface area contributed by atoms with Crippen LogP contribution < -0.4 is 0 Å². The molecule has 0 bridgehead atoms. The molecule has 3 aromatic rings. The molecule has 1 atom stereocenters. The first-order valence-electron chi connectivity index (χ1n) is 5.63. The number of aromatic nitrogens is 2. The van der Waals surface area contributed by atoms with Crippen molar-refractivity contribution in [2.45, 2.75) is 5.38 Å². The normalized spacial score (nSPS) is 12.6. The highest BCUT2D eigenvalue weighted by atomic mass is 79.9. The Balaban J connectivity index is 1.93. The van der Waals surface area contributed by atoms with Crippen molar-refractivity contribution in [3.8, 4) is 11.5 Å². The lowest BCUT2D eigenvalue weighted by molar-refractivity contribution is 0.513. The molecular formula is C13H7Br2ClN2OS. The van der Waals surface area contributed by atoms with Crippen molar-refractivity contribution in [3.05, 3.63) is 55.4 Å². The first-order valence-corrected chi connectivity index (χ1v) is 8.46. The fraction of sp³-hybridized carbons (Fsp3) is 0.0769. The maximum atomic E-state index is 6.36. The van der Waals surface area contributed by atoms with E-state index in [0.29, 0.717) is 11.8 Å². The standard InChI is InChI=1S/C13H7Br2ClN2OS/c14-9-6-8(11(15)20-9)12-17-18-13(19-12)10(16)7-4-2-1-3-5-7/h1-6,10H. The van der Waals surface area contributed by atoms with Gasteiger partial charge in [-0.1, -0.05) is 30.3 Å². The topological polar surface area (TPSA) is 38.9 Å². The Bertz CT molecular complexity index is 729. The van der Waals surface area contributed by atoms with Crippen molar-refractivity contribution in [2.75, 3.05) is 0 Å². The Kier molecular flexibility index (Phi) is 4.26. The molecule has 0 aliphatic carbocycles. The smallest absolute Gasteiger partial charge is 0.249 e. The van der Waals surface area contributed by atoms with Crippen LogP contribution in [0.4, 0.5) is 0 Å². The minimum absolute atomic E-state index is 0.391. The molecule has 2 aromatic heterocycles. The average Bonchev–Trinajstić information content (AvgIpc) is 3.05. The van der Waals surface area contributed by atoms with Crippen LogP contribution in [0.25, 0.3) is 11.5 Å². The second kappa shape index (κ2) is 5.97. The van der Waals surface area contributed by atoms with Crippen LogP contribution in [0.3, 0.4) is 0 Å². The van der Waals surface area contributed by atoms with Gasteiger partial charge < -0.3 is 4.42 Å². The number of rotatable bonds is 3. The lowest BCUT2D eigenvalue weighted by Crippen LogP contribution is -1.92. The molecule has 0 fully saturated rings. The molecule has 102 valence electrons. The Labute approximate surface area is 141 Å². The second-order valence-corrected chi connectivity index (χ2v) is 8.14. The number of hydrogen-bond donors (Lipinski definition) is 0. The van der Waals surface area contributed by atoms with Crippen LogP contribution in [0, 0.1) is 0 Å². The minimum atomic E-state index is -0.446. The van der Waals surface area contributed by atoms with Crippen molar-refractivity contribution in [3.63, 3.8) is 0 Å². The van der Waals surface area contributed by atoms with Crippen LogP contribution in [-0.4, -0.2) is 10.2 Å². The van der Waals surface area contributed by atoms with Gasteiger partial charge in [-0.25, -0.2) is 0 Å². The predicted octanol–water partition coefficient (Wildman–Crippen LogP) is 5.65. The summed E-state index contributed by atoms with van der Waals surface area (Å²) in [5, 5.41) is 7.66. The van der Waals surface area contributed by atoms with E-state index in [2.05, 4.69) is 42.1 Å². The second-order valence-electron chi connectivity index (χ2n) is 3.96. The number of hydrogen-bond acceptors (Lipinski definition) is 4. The third kappa shape index (κ3) is 2.83. The molecule has 0 aliphatic rings. The summed E-state index contributed by atoms with van der Waals surface area (Å²) in [4.78, 5) is 0. The predicted molar refractivity (Wildman–Crippen MR) is 87.1 cm³/mol. The van der Waals surface area contributed by atoms with E-state index in [1.54, 1.807) is 11.3 Å². The molecule has 0 N–H and O–H groups in total. The zero-order valence-corrected chi connectivity index (χ0v) is 14.6. The molecule has 0 saturated heterocycles. The van der Waals surface area contributed by atoms with Gasteiger partial charge >= 0.3 is 0 Å².